The summed E-state index contributed by atoms with van der Waals surface area (Å²) in [5, 5.41) is 9.65. The molecule has 0 radical (unpaired) electrons. The summed E-state index contributed by atoms with van der Waals surface area (Å²) in [6.07, 6.45) is 0.507. The third-order valence-electron chi connectivity index (χ3n) is 4.32. The Morgan fingerprint density at radius 2 is 1.83 bits per heavy atom. The minimum absolute atomic E-state index is 0.507. The van der Waals surface area contributed by atoms with Gasteiger partial charge in [-0.05, 0) is 43.5 Å². The van der Waals surface area contributed by atoms with E-state index in [1.807, 2.05) is 67.8 Å². The third kappa shape index (κ3) is 2.61. The Kier molecular flexibility index (Phi) is 3.90. The normalized spacial score (nSPS) is 12.5. The number of rotatable bonds is 4. The fraction of sp³-hybridized carbons (Fsp3) is 0.263. The van der Waals surface area contributed by atoms with Gasteiger partial charge in [0.15, 0.2) is 0 Å². The Labute approximate surface area is 135 Å². The SMILES string of the molecule is CCC(C(=O)O)n1c(-c2ccccc2)nc2cc(C)c(C)cc21. The van der Waals surface area contributed by atoms with Gasteiger partial charge in [0, 0.05) is 5.56 Å². The monoisotopic (exact) mass is 308 g/mol. The largest absolute Gasteiger partial charge is 0.480 e. The van der Waals surface area contributed by atoms with E-state index in [0.29, 0.717) is 12.2 Å². The molecule has 1 aromatic heterocycles. The highest BCUT2D eigenvalue weighted by atomic mass is 16.4. The van der Waals surface area contributed by atoms with Gasteiger partial charge < -0.3 is 9.67 Å². The van der Waals surface area contributed by atoms with Gasteiger partial charge in [-0.15, -0.1) is 0 Å². The molecule has 0 saturated carbocycles. The molecule has 0 aliphatic carbocycles. The van der Waals surface area contributed by atoms with Crippen molar-refractivity contribution < 1.29 is 9.90 Å². The van der Waals surface area contributed by atoms with Crippen molar-refractivity contribution in [2.24, 2.45) is 0 Å². The molecule has 118 valence electrons. The van der Waals surface area contributed by atoms with Crippen LogP contribution >= 0.6 is 0 Å². The highest BCUT2D eigenvalue weighted by Crippen LogP contribution is 2.31. The average Bonchev–Trinajstić information content (AvgIpc) is 2.88. The van der Waals surface area contributed by atoms with E-state index in [4.69, 9.17) is 4.98 Å². The summed E-state index contributed by atoms with van der Waals surface area (Å²) in [6, 6.07) is 13.2. The van der Waals surface area contributed by atoms with E-state index in [1.165, 1.54) is 0 Å². The minimum atomic E-state index is -0.831. The number of benzene rings is 2. The zero-order chi connectivity index (χ0) is 16.6. The second-order valence-electron chi connectivity index (χ2n) is 5.86. The molecule has 3 aromatic rings. The van der Waals surface area contributed by atoms with Gasteiger partial charge in [-0.25, -0.2) is 9.78 Å². The number of carboxylic acids is 1. The maximum absolute atomic E-state index is 11.8. The minimum Gasteiger partial charge on any atom is -0.480 e. The molecular formula is C19H20N2O2. The molecule has 0 saturated heterocycles. The fourth-order valence-corrected chi connectivity index (χ4v) is 2.92. The average molecular weight is 308 g/mol. The van der Waals surface area contributed by atoms with Gasteiger partial charge in [-0.2, -0.15) is 0 Å². The number of carboxylic acid groups (broad SMARTS) is 1. The first kappa shape index (κ1) is 15.3. The molecule has 23 heavy (non-hydrogen) atoms. The van der Waals surface area contributed by atoms with Gasteiger partial charge in [0.05, 0.1) is 11.0 Å². The number of imidazole rings is 1. The van der Waals surface area contributed by atoms with E-state index in [9.17, 15) is 9.90 Å². The Morgan fingerprint density at radius 3 is 2.43 bits per heavy atom. The molecule has 0 aliphatic rings. The van der Waals surface area contributed by atoms with E-state index in [1.54, 1.807) is 0 Å². The van der Waals surface area contributed by atoms with E-state index in [2.05, 4.69) is 0 Å². The quantitative estimate of drug-likeness (QED) is 0.779. The summed E-state index contributed by atoms with van der Waals surface area (Å²) in [7, 11) is 0. The summed E-state index contributed by atoms with van der Waals surface area (Å²) in [5.74, 6) is -0.123. The molecule has 2 aromatic carbocycles. The number of hydrogen-bond acceptors (Lipinski definition) is 2. The van der Waals surface area contributed by atoms with Crippen LogP contribution in [-0.4, -0.2) is 20.6 Å². The van der Waals surface area contributed by atoms with Crippen LogP contribution in [0.2, 0.25) is 0 Å². The molecule has 0 fully saturated rings. The van der Waals surface area contributed by atoms with Crippen molar-refractivity contribution in [3.63, 3.8) is 0 Å². The van der Waals surface area contributed by atoms with Gasteiger partial charge in [0.2, 0.25) is 0 Å². The van der Waals surface area contributed by atoms with Crippen LogP contribution < -0.4 is 0 Å². The van der Waals surface area contributed by atoms with Crippen molar-refractivity contribution in [2.75, 3.05) is 0 Å². The van der Waals surface area contributed by atoms with E-state index < -0.39 is 12.0 Å². The maximum Gasteiger partial charge on any atom is 0.326 e. The molecule has 1 unspecified atom stereocenters. The van der Waals surface area contributed by atoms with Crippen molar-refractivity contribution in [2.45, 2.75) is 33.2 Å². The standard InChI is InChI=1S/C19H20N2O2/c1-4-16(19(22)23)21-17-11-13(3)12(2)10-15(17)20-18(21)14-8-6-5-7-9-14/h5-11,16H,4H2,1-3H3,(H,22,23). The second kappa shape index (κ2) is 5.88. The molecule has 1 N–H and O–H groups in total. The molecule has 4 heteroatoms. The van der Waals surface area contributed by atoms with Crippen molar-refractivity contribution in [1.29, 1.82) is 0 Å². The van der Waals surface area contributed by atoms with Crippen LogP contribution in [0.25, 0.3) is 22.4 Å². The molecule has 1 atom stereocenters. The summed E-state index contributed by atoms with van der Waals surface area (Å²) in [5.41, 5.74) is 4.94. The Morgan fingerprint density at radius 1 is 1.17 bits per heavy atom. The van der Waals surface area contributed by atoms with E-state index in [-0.39, 0.29) is 0 Å². The van der Waals surface area contributed by atoms with Crippen LogP contribution in [0.1, 0.15) is 30.5 Å². The van der Waals surface area contributed by atoms with E-state index >= 15 is 0 Å². The van der Waals surface area contributed by atoms with Crippen molar-refractivity contribution >= 4 is 17.0 Å². The lowest BCUT2D eigenvalue weighted by atomic mass is 10.1. The van der Waals surface area contributed by atoms with Crippen molar-refractivity contribution in [3.05, 3.63) is 53.6 Å². The number of carbonyl (C=O) groups is 1. The molecule has 0 amide bonds. The lowest BCUT2D eigenvalue weighted by molar-refractivity contribution is -0.140. The number of nitrogens with zero attached hydrogens (tertiary/aromatic N) is 2. The highest BCUT2D eigenvalue weighted by Gasteiger charge is 2.24. The summed E-state index contributed by atoms with van der Waals surface area (Å²) >= 11 is 0. The van der Waals surface area contributed by atoms with Gasteiger partial charge in [0.1, 0.15) is 11.9 Å². The first-order valence-corrected chi connectivity index (χ1v) is 7.80. The summed E-state index contributed by atoms with van der Waals surface area (Å²) in [4.78, 5) is 16.5. The number of aliphatic carboxylic acids is 1. The van der Waals surface area contributed by atoms with Crippen LogP contribution in [0.3, 0.4) is 0 Å². The van der Waals surface area contributed by atoms with Crippen LogP contribution in [0.4, 0.5) is 0 Å². The first-order chi connectivity index (χ1) is 11.0. The van der Waals surface area contributed by atoms with Crippen molar-refractivity contribution in [3.8, 4) is 11.4 Å². The van der Waals surface area contributed by atoms with Gasteiger partial charge >= 0.3 is 5.97 Å². The number of hydrogen-bond donors (Lipinski definition) is 1. The Bertz CT molecular complexity index is 866. The van der Waals surface area contributed by atoms with Crippen LogP contribution in [-0.2, 0) is 4.79 Å². The molecule has 0 spiro atoms. The molecule has 0 aliphatic heterocycles. The predicted molar refractivity (Wildman–Crippen MR) is 91.6 cm³/mol. The van der Waals surface area contributed by atoms with E-state index in [0.717, 1.165) is 27.7 Å². The zero-order valence-electron chi connectivity index (χ0n) is 13.6. The van der Waals surface area contributed by atoms with Crippen LogP contribution in [0.5, 0.6) is 0 Å². The highest BCUT2D eigenvalue weighted by molar-refractivity contribution is 5.85. The predicted octanol–water partition coefficient (Wildman–Crippen LogP) is 4.36. The zero-order valence-corrected chi connectivity index (χ0v) is 13.6. The number of aromatic nitrogens is 2. The molecule has 0 bridgehead atoms. The van der Waals surface area contributed by atoms with Gasteiger partial charge in [-0.1, -0.05) is 37.3 Å². The molecule has 3 rings (SSSR count). The summed E-state index contributed by atoms with van der Waals surface area (Å²) in [6.45, 7) is 5.97. The maximum atomic E-state index is 11.8. The van der Waals surface area contributed by atoms with Crippen LogP contribution in [0, 0.1) is 13.8 Å². The third-order valence-corrected chi connectivity index (χ3v) is 4.32. The lowest BCUT2D eigenvalue weighted by Crippen LogP contribution is -2.19. The second-order valence-corrected chi connectivity index (χ2v) is 5.86. The number of aryl methyl sites for hydroxylation is 2. The number of fused-ring (bicyclic) bond motifs is 1. The molecular weight excluding hydrogens is 288 g/mol. The van der Waals surface area contributed by atoms with Crippen molar-refractivity contribution in [1.82, 2.24) is 9.55 Å². The lowest BCUT2D eigenvalue weighted by Gasteiger charge is -2.17. The smallest absolute Gasteiger partial charge is 0.326 e. The topological polar surface area (TPSA) is 55.1 Å². The first-order valence-electron chi connectivity index (χ1n) is 7.80. The van der Waals surface area contributed by atoms with Gasteiger partial charge in [0.25, 0.3) is 0 Å². The Hall–Kier alpha value is -2.62. The summed E-state index contributed by atoms with van der Waals surface area (Å²) < 4.78 is 1.86. The fourth-order valence-electron chi connectivity index (χ4n) is 2.92. The van der Waals surface area contributed by atoms with Crippen LogP contribution in [0.15, 0.2) is 42.5 Å². The Balaban J connectivity index is 2.36. The molecule has 1 heterocycles. The van der Waals surface area contributed by atoms with Gasteiger partial charge in [-0.3, -0.25) is 0 Å². The molecule has 4 nitrogen and oxygen atoms in total.